The molecule has 0 unspecified atom stereocenters. The smallest absolute Gasteiger partial charge is 0.140 e. The quantitative estimate of drug-likeness (QED) is 0.147. The van der Waals surface area contributed by atoms with Gasteiger partial charge in [0, 0.05) is 50.8 Å². The second-order valence-corrected chi connectivity index (χ2v) is 9.46. The number of para-hydroxylation sites is 1. The molecule has 7 rings (SSSR count). The molecule has 6 heteroatoms. The summed E-state index contributed by atoms with van der Waals surface area (Å²) in [6.45, 7) is 0. The minimum Gasteiger partial charge on any atom is -0.506 e. The molecule has 0 saturated carbocycles. The van der Waals surface area contributed by atoms with Gasteiger partial charge in [-0.25, -0.2) is 4.98 Å². The number of aromatic nitrogens is 2. The van der Waals surface area contributed by atoms with E-state index in [2.05, 4.69) is 45.9 Å². The standard InChI is InChI=1S/C35H23N4O.Pt/c1-38-29-19-15-25(14-13-24-8-3-2-4-9-24)22-31(29)39(34-12-5-6-21-36-34)32-23-27(17-20-30(32)38)28-18-16-26-10-7-11-33(40)35(26)37-28;/h2-12,15-22,40H,1H3;/q-1;/i10D;. The van der Waals surface area contributed by atoms with E-state index in [-0.39, 0.29) is 26.8 Å². The molecule has 0 aliphatic carbocycles. The largest absolute Gasteiger partial charge is 0.506 e. The van der Waals surface area contributed by atoms with Gasteiger partial charge in [-0.15, -0.1) is 23.8 Å². The van der Waals surface area contributed by atoms with E-state index >= 15 is 0 Å². The summed E-state index contributed by atoms with van der Waals surface area (Å²) in [6, 6.07) is 36.7. The van der Waals surface area contributed by atoms with Crippen molar-refractivity contribution >= 4 is 39.5 Å². The Balaban J connectivity index is 0.00000316. The molecule has 0 radical (unpaired) electrons. The zero-order valence-corrected chi connectivity index (χ0v) is 24.2. The molecule has 0 bridgehead atoms. The van der Waals surface area contributed by atoms with Gasteiger partial charge >= 0.3 is 0 Å². The van der Waals surface area contributed by atoms with Gasteiger partial charge < -0.3 is 14.9 Å². The molecule has 0 saturated heterocycles. The van der Waals surface area contributed by atoms with Crippen molar-refractivity contribution < 1.29 is 27.5 Å². The third-order valence-corrected chi connectivity index (χ3v) is 6.96. The minimum atomic E-state index is 0. The summed E-state index contributed by atoms with van der Waals surface area (Å²) in [5.74, 6) is 7.37. The van der Waals surface area contributed by atoms with Crippen LogP contribution in [0.5, 0.6) is 5.75 Å². The SMILES string of the molecule is [2H]c1ccc(O)c2nc(-c3[c-]c4c(cc3)N(C)c3ccc(C#Cc5ccccc5)cc3N4c3ccccn3)ccc12.[Pt]. The molecule has 4 aromatic carbocycles. The van der Waals surface area contributed by atoms with Gasteiger partial charge in [-0.3, -0.25) is 4.98 Å². The molecule has 6 aromatic rings. The van der Waals surface area contributed by atoms with Crippen LogP contribution in [0.25, 0.3) is 22.2 Å². The maximum Gasteiger partial charge on any atom is 0.140 e. The maximum absolute atomic E-state index is 10.4. The van der Waals surface area contributed by atoms with E-state index in [4.69, 9.17) is 11.3 Å². The Morgan fingerprint density at radius 3 is 2.44 bits per heavy atom. The first kappa shape index (κ1) is 25.1. The fraction of sp³-hybridized carbons (Fsp3) is 0.0286. The number of benzene rings is 4. The molecular formula is C35H23N4OPt-. The fourth-order valence-electron chi connectivity index (χ4n) is 4.98. The zero-order valence-electron chi connectivity index (χ0n) is 22.9. The van der Waals surface area contributed by atoms with Crippen molar-refractivity contribution in [3.05, 3.63) is 133 Å². The number of nitrogens with zero attached hydrogens (tertiary/aromatic N) is 4. The first-order valence-corrected chi connectivity index (χ1v) is 12.9. The summed E-state index contributed by atoms with van der Waals surface area (Å²) in [5.41, 5.74) is 7.40. The Morgan fingerprint density at radius 2 is 1.61 bits per heavy atom. The van der Waals surface area contributed by atoms with E-state index in [0.717, 1.165) is 45.3 Å². The summed E-state index contributed by atoms with van der Waals surface area (Å²) >= 11 is 0. The molecule has 5 nitrogen and oxygen atoms in total. The molecule has 0 amide bonds. The summed E-state index contributed by atoms with van der Waals surface area (Å²) in [5, 5.41) is 11.0. The second kappa shape index (κ2) is 10.9. The van der Waals surface area contributed by atoms with Crippen molar-refractivity contribution in [3.8, 4) is 28.8 Å². The van der Waals surface area contributed by atoms with Crippen LogP contribution in [0.3, 0.4) is 0 Å². The molecule has 1 N–H and O–H groups in total. The molecular weight excluding hydrogens is 687 g/mol. The normalized spacial score (nSPS) is 12.0. The van der Waals surface area contributed by atoms with Crippen molar-refractivity contribution in [1.29, 1.82) is 0 Å². The third kappa shape index (κ3) is 4.84. The van der Waals surface area contributed by atoms with Crippen LogP contribution in [-0.2, 0) is 21.1 Å². The van der Waals surface area contributed by atoms with Crippen LogP contribution in [-0.4, -0.2) is 22.1 Å². The van der Waals surface area contributed by atoms with Gasteiger partial charge in [0.05, 0.1) is 12.7 Å². The predicted molar refractivity (Wildman–Crippen MR) is 161 cm³/mol. The molecule has 1 aliphatic rings. The van der Waals surface area contributed by atoms with Crippen molar-refractivity contribution in [1.82, 2.24) is 9.97 Å². The zero-order chi connectivity index (χ0) is 27.9. The number of hydrogen-bond donors (Lipinski definition) is 1. The molecule has 2 aromatic heterocycles. The first-order valence-electron chi connectivity index (χ1n) is 13.4. The summed E-state index contributed by atoms with van der Waals surface area (Å²) in [4.78, 5) is 13.7. The van der Waals surface area contributed by atoms with E-state index in [0.29, 0.717) is 22.6 Å². The minimum absolute atomic E-state index is 0. The van der Waals surface area contributed by atoms with E-state index in [9.17, 15) is 5.11 Å². The van der Waals surface area contributed by atoms with E-state index in [1.165, 1.54) is 6.07 Å². The van der Waals surface area contributed by atoms with Gasteiger partial charge in [0.25, 0.3) is 0 Å². The Labute approximate surface area is 254 Å². The van der Waals surface area contributed by atoms with Gasteiger partial charge in [-0.2, -0.15) is 0 Å². The molecule has 3 heterocycles. The van der Waals surface area contributed by atoms with Gasteiger partial charge in [0.2, 0.25) is 0 Å². The fourth-order valence-corrected chi connectivity index (χ4v) is 4.98. The van der Waals surface area contributed by atoms with Crippen LogP contribution in [0.2, 0.25) is 0 Å². The number of rotatable bonds is 2. The summed E-state index contributed by atoms with van der Waals surface area (Å²) in [6.07, 6.45) is 1.78. The van der Waals surface area contributed by atoms with Gasteiger partial charge in [0.15, 0.2) is 0 Å². The van der Waals surface area contributed by atoms with E-state index < -0.39 is 0 Å². The average molecular weight is 712 g/mol. The van der Waals surface area contributed by atoms with Gasteiger partial charge in [0.1, 0.15) is 17.1 Å². The number of hydrogen-bond acceptors (Lipinski definition) is 5. The predicted octanol–water partition coefficient (Wildman–Crippen LogP) is 7.75. The number of aromatic hydroxyl groups is 1. The average Bonchev–Trinajstić information content (AvgIpc) is 3.02. The number of pyridine rings is 2. The number of phenolic OH excluding ortho intramolecular Hbond substituents is 1. The van der Waals surface area contributed by atoms with E-state index in [1.807, 2.05) is 79.8 Å². The van der Waals surface area contributed by atoms with Crippen molar-refractivity contribution in [3.63, 3.8) is 0 Å². The van der Waals surface area contributed by atoms with Crippen LogP contribution < -0.4 is 9.80 Å². The Bertz CT molecular complexity index is 2010. The van der Waals surface area contributed by atoms with E-state index in [1.54, 1.807) is 12.3 Å². The molecule has 0 spiro atoms. The Hall–Kier alpha value is -4.91. The first-order chi connectivity index (χ1) is 20.1. The Morgan fingerprint density at radius 1 is 0.805 bits per heavy atom. The van der Waals surface area contributed by atoms with Crippen LogP contribution in [0.4, 0.5) is 28.6 Å². The molecule has 1 aliphatic heterocycles. The Kier molecular flexibility index (Phi) is 6.68. The summed E-state index contributed by atoms with van der Waals surface area (Å²) < 4.78 is 8.18. The monoisotopic (exact) mass is 711 g/mol. The van der Waals surface area contributed by atoms with Crippen LogP contribution in [0.15, 0.2) is 115 Å². The number of phenols is 1. The van der Waals surface area contributed by atoms with Gasteiger partial charge in [-0.05, 0) is 65.6 Å². The topological polar surface area (TPSA) is 52.5 Å². The summed E-state index contributed by atoms with van der Waals surface area (Å²) in [7, 11) is 2.04. The van der Waals surface area contributed by atoms with Crippen molar-refractivity contribution in [2.45, 2.75) is 0 Å². The van der Waals surface area contributed by atoms with Crippen molar-refractivity contribution in [2.75, 3.05) is 16.8 Å². The molecule has 0 atom stereocenters. The molecule has 0 fully saturated rings. The number of anilines is 5. The maximum atomic E-state index is 10.4. The number of fused-ring (bicyclic) bond motifs is 3. The second-order valence-electron chi connectivity index (χ2n) is 9.46. The third-order valence-electron chi connectivity index (χ3n) is 6.96. The van der Waals surface area contributed by atoms with Crippen molar-refractivity contribution in [2.24, 2.45) is 0 Å². The van der Waals surface area contributed by atoms with Crippen LogP contribution >= 0.6 is 0 Å². The van der Waals surface area contributed by atoms with Crippen LogP contribution in [0, 0.1) is 17.9 Å². The van der Waals surface area contributed by atoms with Gasteiger partial charge in [-0.1, -0.05) is 60.3 Å². The van der Waals surface area contributed by atoms with Crippen LogP contribution in [0.1, 0.15) is 12.5 Å². The molecule has 200 valence electrons. The molecule has 41 heavy (non-hydrogen) atoms.